The molecule has 0 spiro atoms. The van der Waals surface area contributed by atoms with Gasteiger partial charge in [0.15, 0.2) is 0 Å². The van der Waals surface area contributed by atoms with Gasteiger partial charge < -0.3 is 10.2 Å². The highest BCUT2D eigenvalue weighted by molar-refractivity contribution is 5.93. The normalized spacial score (nSPS) is 14.3. The second kappa shape index (κ2) is 8.69. The van der Waals surface area contributed by atoms with Crippen molar-refractivity contribution in [2.24, 2.45) is 5.92 Å². The van der Waals surface area contributed by atoms with E-state index in [0.29, 0.717) is 37.4 Å². The predicted octanol–water partition coefficient (Wildman–Crippen LogP) is 2.12. The van der Waals surface area contributed by atoms with E-state index < -0.39 is 0 Å². The van der Waals surface area contributed by atoms with Crippen LogP contribution in [-0.2, 0) is 4.79 Å². The van der Waals surface area contributed by atoms with Crippen LogP contribution in [-0.4, -0.2) is 44.6 Å². The maximum Gasteiger partial charge on any atom is 0.274 e. The van der Waals surface area contributed by atoms with Crippen LogP contribution in [0.5, 0.6) is 0 Å². The number of piperidine rings is 1. The maximum atomic E-state index is 12.9. The molecule has 0 saturated carbocycles. The van der Waals surface area contributed by atoms with Crippen LogP contribution in [0.3, 0.4) is 0 Å². The lowest BCUT2D eigenvalue weighted by Gasteiger charge is -2.31. The molecule has 0 aliphatic carbocycles. The Kier molecular flexibility index (Phi) is 5.65. The van der Waals surface area contributed by atoms with Crippen molar-refractivity contribution in [2.75, 3.05) is 18.4 Å². The molecule has 0 atom stereocenters. The molecule has 2 amide bonds. The summed E-state index contributed by atoms with van der Waals surface area (Å²) in [5.41, 5.74) is 0.500. The number of likely N-dealkylation sites (tertiary alicyclic amines) is 1. The van der Waals surface area contributed by atoms with Gasteiger partial charge in [-0.15, -0.1) is 0 Å². The van der Waals surface area contributed by atoms with Gasteiger partial charge >= 0.3 is 0 Å². The molecule has 1 aliphatic rings. The minimum Gasteiger partial charge on any atom is -0.337 e. The third kappa shape index (κ3) is 4.27. The van der Waals surface area contributed by atoms with Crippen LogP contribution in [0.25, 0.3) is 5.69 Å². The van der Waals surface area contributed by atoms with Crippen molar-refractivity contribution in [3.05, 3.63) is 82.9 Å². The number of anilines is 1. The average Bonchev–Trinajstić information content (AvgIpc) is 2.80. The number of carbonyl (C=O) groups excluding carboxylic acids is 2. The lowest BCUT2D eigenvalue weighted by atomic mass is 9.95. The van der Waals surface area contributed by atoms with Crippen molar-refractivity contribution < 1.29 is 9.59 Å². The van der Waals surface area contributed by atoms with E-state index in [9.17, 15) is 14.4 Å². The Bertz CT molecular complexity index is 1090. The molecule has 1 saturated heterocycles. The lowest BCUT2D eigenvalue weighted by molar-refractivity contribution is -0.121. The van der Waals surface area contributed by atoms with Crippen LogP contribution in [0, 0.1) is 5.92 Å². The summed E-state index contributed by atoms with van der Waals surface area (Å²) in [5, 5.41) is 7.07. The third-order valence-corrected chi connectivity index (χ3v) is 5.09. The first-order chi connectivity index (χ1) is 14.6. The largest absolute Gasteiger partial charge is 0.337 e. The first-order valence-corrected chi connectivity index (χ1v) is 9.79. The zero-order valence-electron chi connectivity index (χ0n) is 16.3. The minimum atomic E-state index is -0.303. The van der Waals surface area contributed by atoms with Crippen LogP contribution < -0.4 is 10.9 Å². The highest BCUT2D eigenvalue weighted by atomic mass is 16.2. The molecule has 3 aromatic rings. The predicted molar refractivity (Wildman–Crippen MR) is 111 cm³/mol. The molecule has 30 heavy (non-hydrogen) atoms. The van der Waals surface area contributed by atoms with E-state index in [2.05, 4.69) is 15.4 Å². The van der Waals surface area contributed by atoms with Crippen LogP contribution in [0.1, 0.15) is 23.3 Å². The highest BCUT2D eigenvalue weighted by Gasteiger charge is 2.28. The number of benzene rings is 1. The summed E-state index contributed by atoms with van der Waals surface area (Å²) >= 11 is 0. The van der Waals surface area contributed by atoms with Crippen molar-refractivity contribution >= 4 is 17.6 Å². The van der Waals surface area contributed by atoms with E-state index in [1.165, 1.54) is 16.8 Å². The summed E-state index contributed by atoms with van der Waals surface area (Å²) in [4.78, 5) is 43.3. The first kappa shape index (κ1) is 19.5. The molecule has 1 N–H and O–H groups in total. The van der Waals surface area contributed by atoms with E-state index >= 15 is 0 Å². The Morgan fingerprint density at radius 2 is 1.67 bits per heavy atom. The van der Waals surface area contributed by atoms with Gasteiger partial charge in [0.1, 0.15) is 11.5 Å². The molecule has 0 radical (unpaired) electrons. The summed E-state index contributed by atoms with van der Waals surface area (Å²) in [6, 6.07) is 17.1. The summed E-state index contributed by atoms with van der Waals surface area (Å²) in [6.07, 6.45) is 2.74. The fraction of sp³-hybridized carbons (Fsp3) is 0.227. The van der Waals surface area contributed by atoms with Crippen molar-refractivity contribution in [1.29, 1.82) is 0 Å². The Morgan fingerprint density at radius 1 is 0.933 bits per heavy atom. The van der Waals surface area contributed by atoms with Crippen molar-refractivity contribution in [3.63, 3.8) is 0 Å². The van der Waals surface area contributed by atoms with Crippen LogP contribution >= 0.6 is 0 Å². The first-order valence-electron chi connectivity index (χ1n) is 9.79. The molecular weight excluding hydrogens is 382 g/mol. The van der Waals surface area contributed by atoms with E-state index in [0.717, 1.165) is 0 Å². The molecule has 152 valence electrons. The fourth-order valence-electron chi connectivity index (χ4n) is 3.45. The quantitative estimate of drug-likeness (QED) is 0.720. The van der Waals surface area contributed by atoms with Gasteiger partial charge in [-0.1, -0.05) is 24.3 Å². The van der Waals surface area contributed by atoms with Crippen molar-refractivity contribution in [2.45, 2.75) is 12.8 Å². The van der Waals surface area contributed by atoms with Crippen LogP contribution in [0.4, 0.5) is 5.82 Å². The molecule has 3 heterocycles. The summed E-state index contributed by atoms with van der Waals surface area (Å²) in [7, 11) is 0. The van der Waals surface area contributed by atoms with Gasteiger partial charge in [0.2, 0.25) is 5.91 Å². The van der Waals surface area contributed by atoms with Crippen molar-refractivity contribution in [3.8, 4) is 5.69 Å². The highest BCUT2D eigenvalue weighted by Crippen LogP contribution is 2.20. The molecule has 4 rings (SSSR count). The Hall–Kier alpha value is -3.81. The number of carbonyl (C=O) groups is 2. The summed E-state index contributed by atoms with van der Waals surface area (Å²) in [6.45, 7) is 0.899. The number of hydrogen-bond acceptors (Lipinski definition) is 5. The number of pyridine rings is 1. The Morgan fingerprint density at radius 3 is 2.37 bits per heavy atom. The molecule has 8 nitrogen and oxygen atoms in total. The SMILES string of the molecule is O=C(Nc1ccccn1)C1CCN(C(=O)c2ccc(=O)n(-c3ccccc3)n2)CC1. The maximum absolute atomic E-state index is 12.9. The number of aromatic nitrogens is 3. The lowest BCUT2D eigenvalue weighted by Crippen LogP contribution is -2.42. The van der Waals surface area contributed by atoms with Gasteiger partial charge in [0.05, 0.1) is 5.69 Å². The average molecular weight is 403 g/mol. The molecule has 0 bridgehead atoms. The van der Waals surface area contributed by atoms with Gasteiger partial charge in [-0.25, -0.2) is 4.98 Å². The molecule has 8 heteroatoms. The number of rotatable bonds is 4. The Balaban J connectivity index is 1.41. The van der Waals surface area contributed by atoms with E-state index in [4.69, 9.17) is 0 Å². The molecule has 1 aromatic carbocycles. The fourth-order valence-corrected chi connectivity index (χ4v) is 3.45. The molecule has 2 aromatic heterocycles. The molecular formula is C22H21N5O3. The van der Waals surface area contributed by atoms with E-state index in [1.807, 2.05) is 12.1 Å². The molecule has 0 unspecified atom stereocenters. The number of para-hydroxylation sites is 1. The molecule has 1 aliphatic heterocycles. The monoisotopic (exact) mass is 403 g/mol. The smallest absolute Gasteiger partial charge is 0.274 e. The van der Waals surface area contributed by atoms with E-state index in [1.54, 1.807) is 47.5 Å². The second-order valence-electron chi connectivity index (χ2n) is 7.07. The van der Waals surface area contributed by atoms with Crippen molar-refractivity contribution in [1.82, 2.24) is 19.7 Å². The zero-order valence-corrected chi connectivity index (χ0v) is 16.3. The second-order valence-corrected chi connectivity index (χ2v) is 7.07. The van der Waals surface area contributed by atoms with Gasteiger partial charge in [-0.3, -0.25) is 14.4 Å². The molecule has 1 fully saturated rings. The van der Waals surface area contributed by atoms with Crippen LogP contribution in [0.15, 0.2) is 71.7 Å². The van der Waals surface area contributed by atoms with Gasteiger partial charge in [0, 0.05) is 31.3 Å². The topological polar surface area (TPSA) is 97.2 Å². The van der Waals surface area contributed by atoms with E-state index in [-0.39, 0.29) is 29.0 Å². The Labute approximate surface area is 173 Å². The minimum absolute atomic E-state index is 0.0865. The number of amides is 2. The number of nitrogens with one attached hydrogen (secondary N) is 1. The summed E-state index contributed by atoms with van der Waals surface area (Å²) in [5.74, 6) is 0.00970. The van der Waals surface area contributed by atoms with Gasteiger partial charge in [0.25, 0.3) is 11.5 Å². The van der Waals surface area contributed by atoms with Crippen LogP contribution in [0.2, 0.25) is 0 Å². The van der Waals surface area contributed by atoms with Gasteiger partial charge in [-0.05, 0) is 43.2 Å². The van der Waals surface area contributed by atoms with Gasteiger partial charge in [-0.2, -0.15) is 9.78 Å². The number of hydrogen-bond donors (Lipinski definition) is 1. The summed E-state index contributed by atoms with van der Waals surface area (Å²) < 4.78 is 1.22. The third-order valence-electron chi connectivity index (χ3n) is 5.09. The zero-order chi connectivity index (χ0) is 20.9. The standard InChI is InChI=1S/C22H21N5O3/c28-20-10-9-18(25-27(20)17-6-2-1-3-7-17)22(30)26-14-11-16(12-15-26)21(29)24-19-8-4-5-13-23-19/h1-10,13,16H,11-12,14-15H2,(H,23,24,29). The number of nitrogens with zero attached hydrogens (tertiary/aromatic N) is 4.